The van der Waals surface area contributed by atoms with Gasteiger partial charge in [-0.15, -0.1) is 0 Å². The first-order valence-corrected chi connectivity index (χ1v) is 8.92. The van der Waals surface area contributed by atoms with Crippen LogP contribution >= 0.6 is 0 Å². The fourth-order valence-electron chi connectivity index (χ4n) is 2.28. The molecule has 0 spiro atoms. The summed E-state index contributed by atoms with van der Waals surface area (Å²) in [7, 11) is 0. The molecule has 3 aromatic rings. The molecule has 27 heavy (non-hydrogen) atoms. The molecule has 0 radical (unpaired) electrons. The quantitative estimate of drug-likeness (QED) is 0.656. The highest BCUT2D eigenvalue weighted by Crippen LogP contribution is 2.28. The third kappa shape index (κ3) is 8.01. The lowest BCUT2D eigenvalue weighted by Gasteiger charge is -2.05. The Hall–Kier alpha value is -2.72. The summed E-state index contributed by atoms with van der Waals surface area (Å²) in [6.45, 7) is 4.32. The molecular formula is C24H26O3. The normalized spacial score (nSPS) is 15.3. The van der Waals surface area contributed by atoms with Gasteiger partial charge in [0.2, 0.25) is 0 Å². The van der Waals surface area contributed by atoms with Crippen LogP contribution in [-0.2, 0) is 4.74 Å². The molecule has 3 aromatic carbocycles. The van der Waals surface area contributed by atoms with Crippen molar-refractivity contribution in [3.05, 3.63) is 114 Å². The highest BCUT2D eigenvalue weighted by atomic mass is 16.6. The monoisotopic (exact) mass is 362 g/mol. The van der Waals surface area contributed by atoms with Crippen LogP contribution in [0.4, 0.5) is 0 Å². The van der Waals surface area contributed by atoms with Crippen molar-refractivity contribution >= 4 is 6.08 Å². The Balaban J connectivity index is 0.000000146. The van der Waals surface area contributed by atoms with Crippen molar-refractivity contribution in [2.45, 2.75) is 12.2 Å². The summed E-state index contributed by atoms with van der Waals surface area (Å²) in [5.41, 5.74) is 3.23. The van der Waals surface area contributed by atoms with Crippen LogP contribution in [0.15, 0.2) is 97.6 Å². The number of hydrogen-bond acceptors (Lipinski definition) is 3. The minimum Gasteiger partial charge on any atom is -0.393 e. The summed E-state index contributed by atoms with van der Waals surface area (Å²) in [6.07, 6.45) is 1.51. The summed E-state index contributed by atoms with van der Waals surface area (Å²) < 4.78 is 5.09. The van der Waals surface area contributed by atoms with Crippen molar-refractivity contribution in [2.75, 3.05) is 13.2 Å². The molecule has 140 valence electrons. The van der Waals surface area contributed by atoms with Crippen LogP contribution in [0.5, 0.6) is 0 Å². The minimum absolute atomic E-state index is 0.218. The second-order valence-electron chi connectivity index (χ2n) is 5.96. The van der Waals surface area contributed by atoms with E-state index in [1.807, 2.05) is 72.8 Å². The van der Waals surface area contributed by atoms with Crippen molar-refractivity contribution in [3.63, 3.8) is 0 Å². The zero-order chi connectivity index (χ0) is 19.3. The average molecular weight is 362 g/mol. The topological polar surface area (TPSA) is 53.0 Å². The second kappa shape index (κ2) is 11.8. The molecule has 0 amide bonds. The summed E-state index contributed by atoms with van der Waals surface area (Å²) >= 11 is 0. The lowest BCUT2D eigenvalue weighted by Crippen LogP contribution is -2.01. The Morgan fingerprint density at radius 3 is 1.78 bits per heavy atom. The highest BCUT2D eigenvalue weighted by molar-refractivity contribution is 5.45. The third-order valence-corrected chi connectivity index (χ3v) is 3.90. The van der Waals surface area contributed by atoms with Crippen molar-refractivity contribution in [2.24, 2.45) is 0 Å². The van der Waals surface area contributed by atoms with Crippen LogP contribution in [0.1, 0.15) is 28.9 Å². The van der Waals surface area contributed by atoms with Gasteiger partial charge in [-0.25, -0.2) is 0 Å². The molecule has 2 atom stereocenters. The molecule has 2 unspecified atom stereocenters. The van der Waals surface area contributed by atoms with Gasteiger partial charge in [-0.2, -0.15) is 0 Å². The maximum Gasteiger partial charge on any atom is 0.106 e. The predicted molar refractivity (Wildman–Crippen MR) is 110 cm³/mol. The van der Waals surface area contributed by atoms with Crippen molar-refractivity contribution in [1.29, 1.82) is 0 Å². The molecule has 0 aromatic heterocycles. The first-order valence-electron chi connectivity index (χ1n) is 8.92. The van der Waals surface area contributed by atoms with Gasteiger partial charge in [-0.1, -0.05) is 104 Å². The highest BCUT2D eigenvalue weighted by Gasteiger charge is 2.23. The third-order valence-electron chi connectivity index (χ3n) is 3.90. The molecule has 0 bridgehead atoms. The Morgan fingerprint density at radius 2 is 1.37 bits per heavy atom. The Kier molecular flexibility index (Phi) is 9.01. The van der Waals surface area contributed by atoms with Gasteiger partial charge in [-0.05, 0) is 16.7 Å². The summed E-state index contributed by atoms with van der Waals surface area (Å²) in [5, 5.41) is 17.6. The Morgan fingerprint density at radius 1 is 0.889 bits per heavy atom. The first kappa shape index (κ1) is 20.6. The predicted octanol–water partition coefficient (Wildman–Crippen LogP) is 4.80. The van der Waals surface area contributed by atoms with E-state index in [9.17, 15) is 0 Å². The molecule has 1 heterocycles. The Labute approximate surface area is 161 Å². The smallest absolute Gasteiger partial charge is 0.106 e. The van der Waals surface area contributed by atoms with Crippen molar-refractivity contribution < 1.29 is 14.9 Å². The molecule has 3 heteroatoms. The lowest BCUT2D eigenvalue weighted by molar-refractivity contribution is 0.0956. The van der Waals surface area contributed by atoms with Crippen LogP contribution < -0.4 is 0 Å². The molecule has 1 aliphatic rings. The summed E-state index contributed by atoms with van der Waals surface area (Å²) in [4.78, 5) is 0. The zero-order valence-corrected chi connectivity index (χ0v) is 15.3. The van der Waals surface area contributed by atoms with Gasteiger partial charge in [0.25, 0.3) is 0 Å². The molecule has 2 N–H and O–H groups in total. The maximum absolute atomic E-state index is 9.08. The number of ether oxygens (including phenoxy) is 1. The number of rotatable bonds is 4. The van der Waals surface area contributed by atoms with Crippen LogP contribution in [0.3, 0.4) is 0 Å². The zero-order valence-electron chi connectivity index (χ0n) is 15.3. The average Bonchev–Trinajstić information content (AvgIpc) is 3.61. The van der Waals surface area contributed by atoms with Crippen LogP contribution in [0, 0.1) is 0 Å². The van der Waals surface area contributed by atoms with E-state index in [1.54, 1.807) is 12.1 Å². The summed E-state index contributed by atoms with van der Waals surface area (Å²) in [6, 6.07) is 29.4. The van der Waals surface area contributed by atoms with E-state index < -0.39 is 6.10 Å². The number of aliphatic hydroxyl groups is 2. The number of aliphatic hydroxyl groups excluding tert-OH is 2. The summed E-state index contributed by atoms with van der Waals surface area (Å²) in [5.74, 6) is 0. The maximum atomic E-state index is 9.08. The standard InChI is InChI=1S/C8H10O2.C8H8O.C8H8/c9-6-8(10)7-4-2-1-3-5-7;1-2-4-7(5-3-1)8-6-9-8;1-2-8-6-4-3-5-7-8/h1-5,8-10H,6H2;1-5,8H,6H2;2-7H,1H2. The molecule has 1 saturated heterocycles. The van der Waals surface area contributed by atoms with Crippen molar-refractivity contribution in [3.8, 4) is 0 Å². The molecule has 0 saturated carbocycles. The van der Waals surface area contributed by atoms with Gasteiger partial charge < -0.3 is 14.9 Å². The van der Waals surface area contributed by atoms with Gasteiger partial charge in [0.1, 0.15) is 12.2 Å². The molecule has 4 rings (SSSR count). The molecule has 1 aliphatic heterocycles. The van der Waals surface area contributed by atoms with Gasteiger partial charge in [0.15, 0.2) is 0 Å². The van der Waals surface area contributed by atoms with Gasteiger partial charge in [-0.3, -0.25) is 0 Å². The lowest BCUT2D eigenvalue weighted by atomic mass is 10.1. The number of benzene rings is 3. The van der Waals surface area contributed by atoms with E-state index in [2.05, 4.69) is 18.7 Å². The van der Waals surface area contributed by atoms with Gasteiger partial charge in [0.05, 0.1) is 13.2 Å². The fraction of sp³-hybridized carbons (Fsp3) is 0.167. The largest absolute Gasteiger partial charge is 0.393 e. The van der Waals surface area contributed by atoms with Crippen LogP contribution in [0.2, 0.25) is 0 Å². The second-order valence-corrected chi connectivity index (χ2v) is 5.96. The van der Waals surface area contributed by atoms with E-state index in [1.165, 1.54) is 11.1 Å². The van der Waals surface area contributed by atoms with Crippen LogP contribution in [-0.4, -0.2) is 23.4 Å². The minimum atomic E-state index is -0.735. The van der Waals surface area contributed by atoms with Gasteiger partial charge >= 0.3 is 0 Å². The van der Waals surface area contributed by atoms with Gasteiger partial charge in [0, 0.05) is 0 Å². The Bertz CT molecular complexity index is 753. The van der Waals surface area contributed by atoms with E-state index in [4.69, 9.17) is 14.9 Å². The first-order chi connectivity index (χ1) is 13.2. The molecular weight excluding hydrogens is 336 g/mol. The molecule has 1 fully saturated rings. The molecule has 3 nitrogen and oxygen atoms in total. The van der Waals surface area contributed by atoms with Crippen LogP contribution in [0.25, 0.3) is 6.08 Å². The van der Waals surface area contributed by atoms with E-state index in [-0.39, 0.29) is 6.61 Å². The number of epoxide rings is 1. The number of hydrogen-bond donors (Lipinski definition) is 2. The SMILES string of the molecule is C=Cc1ccccc1.OCC(O)c1ccccc1.c1ccc(C2CO2)cc1. The fourth-order valence-corrected chi connectivity index (χ4v) is 2.28. The van der Waals surface area contributed by atoms with Crippen molar-refractivity contribution in [1.82, 2.24) is 0 Å². The molecule has 0 aliphatic carbocycles. The van der Waals surface area contributed by atoms with E-state index >= 15 is 0 Å². The van der Waals surface area contributed by atoms with E-state index in [0.717, 1.165) is 12.2 Å². The van der Waals surface area contributed by atoms with E-state index in [0.29, 0.717) is 6.10 Å².